The Morgan fingerprint density at radius 1 is 1.00 bits per heavy atom. The molecule has 13 nitrogen and oxygen atoms in total. The molecule has 0 fully saturated rings. The molecule has 1 atom stereocenters. The highest BCUT2D eigenvalue weighted by atomic mass is 32.2. The van der Waals surface area contributed by atoms with Gasteiger partial charge < -0.3 is 24.5 Å². The molecule has 5 aromatic rings. The second-order valence-electron chi connectivity index (χ2n) is 14.7. The number of sulfonamides is 1. The zero-order valence-electron chi connectivity index (χ0n) is 31.6. The van der Waals surface area contributed by atoms with Gasteiger partial charge in [0.1, 0.15) is 12.1 Å². The number of aryl methyl sites for hydroxylation is 2. The van der Waals surface area contributed by atoms with Crippen LogP contribution in [-0.4, -0.2) is 70.4 Å². The van der Waals surface area contributed by atoms with Crippen LogP contribution < -0.4 is 14.8 Å². The van der Waals surface area contributed by atoms with Crippen molar-refractivity contribution in [3.8, 4) is 17.1 Å². The molecule has 0 aliphatic rings. The highest BCUT2D eigenvalue weighted by Crippen LogP contribution is 2.30. The summed E-state index contributed by atoms with van der Waals surface area (Å²) in [7, 11) is -2.57. The SMILES string of the molecule is COCCn1c(C(C)C)cc2ncc(CNC(COc3cc(-c4c(C)cccc4C)nc(NS(=O)(=O)c4cccc(C(=O)O)c4)n3)CC(C)(C)C)nc21. The molecule has 53 heavy (non-hydrogen) atoms. The maximum absolute atomic E-state index is 13.4. The summed E-state index contributed by atoms with van der Waals surface area (Å²) in [5.74, 6) is -0.974. The van der Waals surface area contributed by atoms with E-state index in [1.165, 1.54) is 18.2 Å². The minimum Gasteiger partial charge on any atom is -0.478 e. The van der Waals surface area contributed by atoms with Gasteiger partial charge in [-0.1, -0.05) is 58.9 Å². The fourth-order valence-corrected chi connectivity index (χ4v) is 7.27. The van der Waals surface area contributed by atoms with E-state index in [0.29, 0.717) is 31.3 Å². The Labute approximate surface area is 311 Å². The zero-order chi connectivity index (χ0) is 38.5. The van der Waals surface area contributed by atoms with Crippen LogP contribution in [-0.2, 0) is 27.8 Å². The van der Waals surface area contributed by atoms with Crippen molar-refractivity contribution < 1.29 is 27.8 Å². The first kappa shape index (κ1) is 39.3. The third kappa shape index (κ3) is 9.95. The van der Waals surface area contributed by atoms with Crippen molar-refractivity contribution in [2.75, 3.05) is 25.0 Å². The number of aromatic nitrogens is 5. The fourth-order valence-electron chi connectivity index (χ4n) is 6.28. The number of fused-ring (bicyclic) bond motifs is 1. The minimum absolute atomic E-state index is 0.0575. The van der Waals surface area contributed by atoms with Crippen molar-refractivity contribution >= 4 is 33.1 Å². The molecule has 0 saturated carbocycles. The monoisotopic (exact) mass is 743 g/mol. The second-order valence-corrected chi connectivity index (χ2v) is 16.4. The minimum atomic E-state index is -4.26. The molecule has 3 N–H and O–H groups in total. The van der Waals surface area contributed by atoms with Crippen molar-refractivity contribution in [2.45, 2.75) is 84.8 Å². The average Bonchev–Trinajstić information content (AvgIpc) is 3.46. The van der Waals surface area contributed by atoms with Gasteiger partial charge in [-0.2, -0.15) is 4.98 Å². The van der Waals surface area contributed by atoms with Crippen molar-refractivity contribution in [3.05, 3.63) is 88.9 Å². The van der Waals surface area contributed by atoms with E-state index < -0.39 is 16.0 Å². The number of anilines is 1. The third-order valence-electron chi connectivity index (χ3n) is 8.71. The summed E-state index contributed by atoms with van der Waals surface area (Å²) < 4.78 is 43.2. The summed E-state index contributed by atoms with van der Waals surface area (Å²) in [6.45, 7) is 16.6. The first-order valence-electron chi connectivity index (χ1n) is 17.6. The van der Waals surface area contributed by atoms with Crippen LogP contribution in [0.25, 0.3) is 22.4 Å². The average molecular weight is 744 g/mol. The van der Waals surface area contributed by atoms with Crippen LogP contribution in [0, 0.1) is 19.3 Å². The van der Waals surface area contributed by atoms with Crippen molar-refractivity contribution in [2.24, 2.45) is 5.41 Å². The van der Waals surface area contributed by atoms with E-state index >= 15 is 0 Å². The number of ether oxygens (including phenoxy) is 2. The summed E-state index contributed by atoms with van der Waals surface area (Å²) >= 11 is 0. The molecule has 0 bridgehead atoms. The van der Waals surface area contributed by atoms with E-state index in [2.05, 4.69) is 65.3 Å². The summed E-state index contributed by atoms with van der Waals surface area (Å²) in [6, 6.07) is 14.6. The lowest BCUT2D eigenvalue weighted by Gasteiger charge is -2.27. The number of carboxylic acid groups (broad SMARTS) is 1. The molecule has 3 heterocycles. The highest BCUT2D eigenvalue weighted by Gasteiger charge is 2.23. The Morgan fingerprint density at radius 2 is 1.72 bits per heavy atom. The summed E-state index contributed by atoms with van der Waals surface area (Å²) in [5.41, 5.74) is 6.56. The van der Waals surface area contributed by atoms with Crippen molar-refractivity contribution in [1.82, 2.24) is 29.8 Å². The Kier molecular flexibility index (Phi) is 12.2. The molecule has 0 radical (unpaired) electrons. The zero-order valence-corrected chi connectivity index (χ0v) is 32.4. The molecule has 14 heteroatoms. The quantitative estimate of drug-likeness (QED) is 0.0977. The number of nitrogens with one attached hydrogen (secondary N) is 2. The topological polar surface area (TPSA) is 170 Å². The lowest BCUT2D eigenvalue weighted by Crippen LogP contribution is -2.37. The summed E-state index contributed by atoms with van der Waals surface area (Å²) in [5, 5.41) is 13.0. The fraction of sp³-hybridized carbons (Fsp3) is 0.410. The molecular weight excluding hydrogens is 695 g/mol. The van der Waals surface area contributed by atoms with Crippen molar-refractivity contribution in [3.63, 3.8) is 0 Å². The van der Waals surface area contributed by atoms with Crippen LogP contribution in [0.5, 0.6) is 5.88 Å². The van der Waals surface area contributed by atoms with Gasteiger partial charge in [-0.05, 0) is 67.0 Å². The summed E-state index contributed by atoms with van der Waals surface area (Å²) in [4.78, 5) is 30.1. The van der Waals surface area contributed by atoms with Crippen LogP contribution in [0.1, 0.15) is 79.8 Å². The number of benzene rings is 2. The number of rotatable bonds is 16. The number of nitrogens with zero attached hydrogens (tertiary/aromatic N) is 5. The number of hydrogen-bond acceptors (Lipinski definition) is 10. The third-order valence-corrected chi connectivity index (χ3v) is 10.0. The molecule has 1 unspecified atom stereocenters. The second kappa shape index (κ2) is 16.4. The smallest absolute Gasteiger partial charge is 0.335 e. The number of carbonyl (C=O) groups is 1. The van der Waals surface area contributed by atoms with Gasteiger partial charge in [0.2, 0.25) is 11.8 Å². The molecule has 0 aliphatic heterocycles. The van der Waals surface area contributed by atoms with Gasteiger partial charge in [0.25, 0.3) is 10.0 Å². The molecule has 282 valence electrons. The Morgan fingerprint density at radius 3 is 2.38 bits per heavy atom. The molecule has 5 rings (SSSR count). The maximum atomic E-state index is 13.4. The molecule has 0 saturated heterocycles. The first-order chi connectivity index (χ1) is 25.0. The van der Waals surface area contributed by atoms with E-state index in [1.807, 2.05) is 32.0 Å². The summed E-state index contributed by atoms with van der Waals surface area (Å²) in [6.07, 6.45) is 2.54. The van der Waals surface area contributed by atoms with Gasteiger partial charge in [-0.15, -0.1) is 0 Å². The standard InChI is InChI=1S/C39H49N7O6S/c1-24(2)33-18-32-36(46(33)15-16-51-8)42-29(22-41-32)21-40-28(20-39(5,6)7)23-52-34-19-31(35-25(3)11-9-12-26(35)4)43-38(44-34)45-53(49,50)30-14-10-13-27(17-30)37(47)48/h9-14,17-19,22,24,28,40H,15-16,20-21,23H2,1-8H3,(H,47,48)(H,43,44,45). The molecule has 0 spiro atoms. The predicted octanol–water partition coefficient (Wildman–Crippen LogP) is 6.75. The van der Waals surface area contributed by atoms with Gasteiger partial charge in [-0.25, -0.2) is 27.9 Å². The van der Waals surface area contributed by atoms with Crippen molar-refractivity contribution in [1.29, 1.82) is 0 Å². The van der Waals surface area contributed by atoms with Gasteiger partial charge in [0, 0.05) is 43.6 Å². The normalized spacial score (nSPS) is 12.7. The number of methoxy groups -OCH3 is 1. The number of aromatic carboxylic acids is 1. The van der Waals surface area contributed by atoms with Crippen LogP contribution in [0.15, 0.2) is 65.7 Å². The van der Waals surface area contributed by atoms with Gasteiger partial charge in [-0.3, -0.25) is 4.98 Å². The van der Waals surface area contributed by atoms with E-state index in [-0.39, 0.29) is 40.4 Å². The molecular formula is C39H49N7O6S. The van der Waals surface area contributed by atoms with E-state index in [1.54, 1.807) is 19.4 Å². The number of hydrogen-bond donors (Lipinski definition) is 3. The Bertz CT molecular complexity index is 2170. The maximum Gasteiger partial charge on any atom is 0.335 e. The Hall–Kier alpha value is -4.92. The lowest BCUT2D eigenvalue weighted by atomic mass is 9.88. The van der Waals surface area contributed by atoms with E-state index in [9.17, 15) is 18.3 Å². The van der Waals surface area contributed by atoms with Gasteiger partial charge >= 0.3 is 5.97 Å². The van der Waals surface area contributed by atoms with Crippen LogP contribution in [0.2, 0.25) is 0 Å². The molecule has 2 aromatic carbocycles. The van der Waals surface area contributed by atoms with Crippen LogP contribution in [0.4, 0.5) is 5.95 Å². The molecule has 0 aliphatic carbocycles. The molecule has 0 amide bonds. The van der Waals surface area contributed by atoms with Crippen LogP contribution in [0.3, 0.4) is 0 Å². The largest absolute Gasteiger partial charge is 0.478 e. The van der Waals surface area contributed by atoms with Crippen LogP contribution >= 0.6 is 0 Å². The van der Waals surface area contributed by atoms with E-state index in [0.717, 1.165) is 51.7 Å². The van der Waals surface area contributed by atoms with Gasteiger partial charge in [0.05, 0.1) is 34.7 Å². The predicted molar refractivity (Wildman–Crippen MR) is 205 cm³/mol. The number of carboxylic acids is 1. The lowest BCUT2D eigenvalue weighted by molar-refractivity contribution is 0.0696. The Balaban J connectivity index is 1.43. The first-order valence-corrected chi connectivity index (χ1v) is 19.0. The highest BCUT2D eigenvalue weighted by molar-refractivity contribution is 7.92. The van der Waals surface area contributed by atoms with E-state index in [4.69, 9.17) is 19.4 Å². The van der Waals surface area contributed by atoms with Gasteiger partial charge in [0.15, 0.2) is 5.65 Å². The molecule has 3 aromatic heterocycles.